The highest BCUT2D eigenvalue weighted by molar-refractivity contribution is 7.89. The molecule has 0 aliphatic heterocycles. The summed E-state index contributed by atoms with van der Waals surface area (Å²) in [6.45, 7) is 3.67. The van der Waals surface area contributed by atoms with Gasteiger partial charge in [-0.25, -0.2) is 22.8 Å². The van der Waals surface area contributed by atoms with E-state index in [1.807, 2.05) is 6.07 Å². The molecular formula is C20H23N5O4S. The van der Waals surface area contributed by atoms with E-state index >= 15 is 0 Å². The summed E-state index contributed by atoms with van der Waals surface area (Å²) in [7, 11) is -2.45. The van der Waals surface area contributed by atoms with Crippen LogP contribution in [0.1, 0.15) is 29.8 Å². The van der Waals surface area contributed by atoms with E-state index in [1.165, 1.54) is 25.3 Å². The second-order valence-corrected chi connectivity index (χ2v) is 8.48. The molecule has 10 heteroatoms. The van der Waals surface area contributed by atoms with Gasteiger partial charge in [-0.2, -0.15) is 5.10 Å². The van der Waals surface area contributed by atoms with Crippen LogP contribution in [0.5, 0.6) is 5.75 Å². The molecule has 0 atom stereocenters. The Morgan fingerprint density at radius 1 is 1.23 bits per heavy atom. The van der Waals surface area contributed by atoms with Crippen LogP contribution in [0.2, 0.25) is 0 Å². The van der Waals surface area contributed by atoms with Crippen molar-refractivity contribution < 1.29 is 17.9 Å². The van der Waals surface area contributed by atoms with E-state index in [4.69, 9.17) is 4.74 Å². The number of hydrogen-bond donors (Lipinski definition) is 2. The summed E-state index contributed by atoms with van der Waals surface area (Å²) in [5.41, 5.74) is 1.00. The number of sulfonamides is 1. The molecule has 9 nitrogen and oxygen atoms in total. The highest BCUT2D eigenvalue weighted by Crippen LogP contribution is 2.25. The number of pyridine rings is 1. The first kappa shape index (κ1) is 21.5. The third kappa shape index (κ3) is 5.02. The normalized spacial score (nSPS) is 11.5. The number of carbonyl (C=O) groups excluding carboxylic acids is 1. The van der Waals surface area contributed by atoms with Crippen molar-refractivity contribution in [3.8, 4) is 11.6 Å². The maximum absolute atomic E-state index is 12.6. The van der Waals surface area contributed by atoms with Gasteiger partial charge in [-0.1, -0.05) is 6.07 Å². The van der Waals surface area contributed by atoms with Crippen LogP contribution in [0, 0.1) is 0 Å². The molecule has 158 valence electrons. The van der Waals surface area contributed by atoms with Gasteiger partial charge in [0.1, 0.15) is 10.6 Å². The molecule has 2 aromatic heterocycles. The zero-order chi connectivity index (χ0) is 21.7. The molecule has 3 aromatic rings. The Kier molecular flexibility index (Phi) is 6.48. The second-order valence-electron chi connectivity index (χ2n) is 6.80. The van der Waals surface area contributed by atoms with Crippen LogP contribution >= 0.6 is 0 Å². The van der Waals surface area contributed by atoms with E-state index < -0.39 is 15.9 Å². The predicted molar refractivity (Wildman–Crippen MR) is 111 cm³/mol. The molecule has 0 saturated carbocycles. The van der Waals surface area contributed by atoms with Crippen molar-refractivity contribution in [1.82, 2.24) is 24.8 Å². The summed E-state index contributed by atoms with van der Waals surface area (Å²) in [6.07, 6.45) is 5.09. The zero-order valence-corrected chi connectivity index (χ0v) is 17.7. The minimum Gasteiger partial charge on any atom is -0.495 e. The van der Waals surface area contributed by atoms with Gasteiger partial charge >= 0.3 is 0 Å². The molecule has 2 N–H and O–H groups in total. The molecule has 2 heterocycles. The Labute approximate surface area is 175 Å². The van der Waals surface area contributed by atoms with Crippen LogP contribution in [0.25, 0.3) is 5.82 Å². The van der Waals surface area contributed by atoms with Crippen molar-refractivity contribution in [2.24, 2.45) is 0 Å². The number of rotatable bonds is 8. The number of benzene rings is 1. The van der Waals surface area contributed by atoms with Crippen LogP contribution in [-0.4, -0.2) is 42.2 Å². The average Bonchev–Trinajstić information content (AvgIpc) is 3.26. The first-order valence-electron chi connectivity index (χ1n) is 9.23. The molecule has 0 bridgehead atoms. The fourth-order valence-corrected chi connectivity index (χ4v) is 4.19. The molecule has 1 amide bonds. The lowest BCUT2D eigenvalue weighted by Crippen LogP contribution is -2.31. The predicted octanol–water partition coefficient (Wildman–Crippen LogP) is 1.89. The second kappa shape index (κ2) is 9.06. The molecule has 0 fully saturated rings. The minimum absolute atomic E-state index is 0.0865. The maximum atomic E-state index is 12.6. The van der Waals surface area contributed by atoms with Gasteiger partial charge in [-0.05, 0) is 49.7 Å². The maximum Gasteiger partial charge on any atom is 0.251 e. The number of amides is 1. The summed E-state index contributed by atoms with van der Waals surface area (Å²) < 4.78 is 34.4. The molecule has 0 unspecified atom stereocenters. The number of carbonyl (C=O) groups is 1. The van der Waals surface area contributed by atoms with Gasteiger partial charge in [-0.3, -0.25) is 4.79 Å². The number of aromatic nitrogens is 3. The fraction of sp³-hybridized carbons (Fsp3) is 0.250. The lowest BCUT2D eigenvalue weighted by Gasteiger charge is -2.14. The molecule has 0 radical (unpaired) electrons. The van der Waals surface area contributed by atoms with Crippen molar-refractivity contribution >= 4 is 15.9 Å². The third-order valence-corrected chi connectivity index (χ3v) is 5.79. The summed E-state index contributed by atoms with van der Waals surface area (Å²) in [5, 5.41) is 6.88. The first-order valence-corrected chi connectivity index (χ1v) is 10.7. The number of ether oxygens (including phenoxy) is 1. The Bertz CT molecular complexity index is 1110. The SMILES string of the molecule is COc1ccc(C(=O)NCc2ccc(-n3cccn3)nc2)cc1S(=O)(=O)NC(C)C. The molecule has 1 aromatic carbocycles. The van der Waals surface area contributed by atoms with Gasteiger partial charge in [0.2, 0.25) is 10.0 Å². The Morgan fingerprint density at radius 3 is 2.63 bits per heavy atom. The van der Waals surface area contributed by atoms with Gasteiger partial charge in [0.05, 0.1) is 7.11 Å². The monoisotopic (exact) mass is 429 g/mol. The van der Waals surface area contributed by atoms with Crippen molar-refractivity contribution in [3.05, 3.63) is 66.1 Å². The third-order valence-electron chi connectivity index (χ3n) is 4.11. The Morgan fingerprint density at radius 2 is 2.03 bits per heavy atom. The van der Waals surface area contributed by atoms with E-state index in [0.29, 0.717) is 5.82 Å². The van der Waals surface area contributed by atoms with Crippen LogP contribution in [0.15, 0.2) is 59.9 Å². The number of nitrogens with zero attached hydrogens (tertiary/aromatic N) is 3. The van der Waals surface area contributed by atoms with Crippen LogP contribution in [-0.2, 0) is 16.6 Å². The quantitative estimate of drug-likeness (QED) is 0.565. The summed E-state index contributed by atoms with van der Waals surface area (Å²) in [6, 6.07) is 9.42. The molecule has 0 aliphatic carbocycles. The van der Waals surface area contributed by atoms with Crippen LogP contribution in [0.4, 0.5) is 0 Å². The summed E-state index contributed by atoms with van der Waals surface area (Å²) in [4.78, 5) is 16.8. The highest BCUT2D eigenvalue weighted by Gasteiger charge is 2.22. The zero-order valence-electron chi connectivity index (χ0n) is 16.9. The molecule has 0 saturated heterocycles. The Hall–Kier alpha value is -3.24. The van der Waals surface area contributed by atoms with E-state index in [9.17, 15) is 13.2 Å². The molecule has 3 rings (SSSR count). The van der Waals surface area contributed by atoms with Crippen LogP contribution in [0.3, 0.4) is 0 Å². The van der Waals surface area contributed by atoms with E-state index in [1.54, 1.807) is 49.3 Å². The van der Waals surface area contributed by atoms with Gasteiger partial charge < -0.3 is 10.1 Å². The lowest BCUT2D eigenvalue weighted by atomic mass is 10.2. The smallest absolute Gasteiger partial charge is 0.251 e. The van der Waals surface area contributed by atoms with Crippen molar-refractivity contribution in [3.63, 3.8) is 0 Å². The number of methoxy groups -OCH3 is 1. The van der Waals surface area contributed by atoms with Crippen molar-refractivity contribution in [2.45, 2.75) is 31.3 Å². The Balaban J connectivity index is 1.73. The van der Waals surface area contributed by atoms with E-state index in [2.05, 4.69) is 20.1 Å². The van der Waals surface area contributed by atoms with Crippen LogP contribution < -0.4 is 14.8 Å². The number of nitrogens with one attached hydrogen (secondary N) is 2. The highest BCUT2D eigenvalue weighted by atomic mass is 32.2. The largest absolute Gasteiger partial charge is 0.495 e. The molecule has 30 heavy (non-hydrogen) atoms. The molecular weight excluding hydrogens is 406 g/mol. The average molecular weight is 430 g/mol. The summed E-state index contributed by atoms with van der Waals surface area (Å²) in [5.74, 6) is 0.422. The van der Waals surface area contributed by atoms with Crippen molar-refractivity contribution in [2.75, 3.05) is 7.11 Å². The standard InChI is InChI=1S/C20H23N5O4S/c1-14(2)24-30(27,28)18-11-16(6-7-17(18)29-3)20(26)22-13-15-5-8-19(21-12-15)25-10-4-9-23-25/h4-12,14,24H,13H2,1-3H3,(H,22,26). The molecule has 0 aliphatic rings. The lowest BCUT2D eigenvalue weighted by molar-refractivity contribution is 0.0950. The van der Waals surface area contributed by atoms with Crippen molar-refractivity contribution in [1.29, 1.82) is 0 Å². The molecule has 0 spiro atoms. The van der Waals surface area contributed by atoms with Gasteiger partial charge in [-0.15, -0.1) is 0 Å². The van der Waals surface area contributed by atoms with E-state index in [-0.39, 0.29) is 28.8 Å². The summed E-state index contributed by atoms with van der Waals surface area (Å²) >= 11 is 0. The van der Waals surface area contributed by atoms with Gasteiger partial charge in [0, 0.05) is 36.7 Å². The topological polar surface area (TPSA) is 115 Å². The first-order chi connectivity index (χ1) is 14.3. The number of hydrogen-bond acceptors (Lipinski definition) is 6. The van der Waals surface area contributed by atoms with Gasteiger partial charge in [0.25, 0.3) is 5.91 Å². The minimum atomic E-state index is -3.82. The van der Waals surface area contributed by atoms with E-state index in [0.717, 1.165) is 5.56 Å². The fourth-order valence-electron chi connectivity index (χ4n) is 2.75. The van der Waals surface area contributed by atoms with Gasteiger partial charge in [0.15, 0.2) is 5.82 Å².